The second-order valence-electron chi connectivity index (χ2n) is 7.02. The number of nitrogens with zero attached hydrogens (tertiary/aromatic N) is 2. The molecular weight excluding hydrogens is 441 g/mol. The Bertz CT molecular complexity index is 1200. The van der Waals surface area contributed by atoms with Crippen LogP contribution in [0.15, 0.2) is 100 Å². The van der Waals surface area contributed by atoms with Crippen molar-refractivity contribution in [2.45, 2.75) is 27.6 Å². The SMILES string of the molecule is Cc1ccc(Sc2cnc(SCc3ccc(F)cc3)nc2C(=O)Nc2ccccc2)cc1. The zero-order valence-electron chi connectivity index (χ0n) is 17.3. The van der Waals surface area contributed by atoms with Gasteiger partial charge < -0.3 is 5.32 Å². The summed E-state index contributed by atoms with van der Waals surface area (Å²) in [5, 5.41) is 3.39. The summed E-state index contributed by atoms with van der Waals surface area (Å²) in [6.45, 7) is 2.03. The van der Waals surface area contributed by atoms with Crippen LogP contribution in [0.4, 0.5) is 10.1 Å². The van der Waals surface area contributed by atoms with Gasteiger partial charge in [0.05, 0.1) is 4.90 Å². The summed E-state index contributed by atoms with van der Waals surface area (Å²) in [7, 11) is 0. The van der Waals surface area contributed by atoms with Crippen molar-refractivity contribution in [3.8, 4) is 0 Å². The van der Waals surface area contributed by atoms with E-state index in [1.165, 1.54) is 41.2 Å². The maximum atomic E-state index is 13.1. The van der Waals surface area contributed by atoms with Gasteiger partial charge >= 0.3 is 0 Å². The van der Waals surface area contributed by atoms with Crippen molar-refractivity contribution in [1.82, 2.24) is 9.97 Å². The van der Waals surface area contributed by atoms with Crippen LogP contribution < -0.4 is 5.32 Å². The minimum atomic E-state index is -0.295. The largest absolute Gasteiger partial charge is 0.321 e. The Hall–Kier alpha value is -3.16. The summed E-state index contributed by atoms with van der Waals surface area (Å²) >= 11 is 2.85. The number of aryl methyl sites for hydroxylation is 1. The molecule has 0 radical (unpaired) electrons. The maximum absolute atomic E-state index is 13.1. The van der Waals surface area contributed by atoms with Crippen LogP contribution in [0.25, 0.3) is 0 Å². The van der Waals surface area contributed by atoms with Gasteiger partial charge in [-0.2, -0.15) is 0 Å². The average Bonchev–Trinajstić information content (AvgIpc) is 2.81. The third-order valence-electron chi connectivity index (χ3n) is 4.51. The lowest BCUT2D eigenvalue weighted by Crippen LogP contribution is -2.15. The van der Waals surface area contributed by atoms with E-state index in [-0.39, 0.29) is 11.7 Å². The van der Waals surface area contributed by atoms with Crippen molar-refractivity contribution in [2.75, 3.05) is 5.32 Å². The van der Waals surface area contributed by atoms with Crippen LogP contribution >= 0.6 is 23.5 Å². The monoisotopic (exact) mass is 461 g/mol. The quantitative estimate of drug-likeness (QED) is 0.248. The fraction of sp³-hybridized carbons (Fsp3) is 0.0800. The summed E-state index contributed by atoms with van der Waals surface area (Å²) in [5.74, 6) is 0.00833. The van der Waals surface area contributed by atoms with Crippen LogP contribution in [-0.2, 0) is 5.75 Å². The van der Waals surface area contributed by atoms with Crippen LogP contribution in [0.5, 0.6) is 0 Å². The Labute approximate surface area is 194 Å². The molecule has 4 nitrogen and oxygen atoms in total. The average molecular weight is 462 g/mol. The van der Waals surface area contributed by atoms with Gasteiger partial charge in [0.25, 0.3) is 5.91 Å². The first kappa shape index (κ1) is 22.0. The Balaban J connectivity index is 1.58. The van der Waals surface area contributed by atoms with E-state index in [0.29, 0.717) is 27.2 Å². The number of amides is 1. The number of thioether (sulfide) groups is 1. The van der Waals surface area contributed by atoms with E-state index in [0.717, 1.165) is 10.5 Å². The zero-order chi connectivity index (χ0) is 22.3. The van der Waals surface area contributed by atoms with Crippen molar-refractivity contribution in [1.29, 1.82) is 0 Å². The van der Waals surface area contributed by atoms with Crippen LogP contribution in [0.1, 0.15) is 21.6 Å². The van der Waals surface area contributed by atoms with Gasteiger partial charge in [0.1, 0.15) is 11.5 Å². The highest BCUT2D eigenvalue weighted by molar-refractivity contribution is 7.99. The number of hydrogen-bond donors (Lipinski definition) is 1. The molecule has 0 saturated carbocycles. The highest BCUT2D eigenvalue weighted by Crippen LogP contribution is 2.31. The molecule has 0 unspecified atom stereocenters. The fourth-order valence-electron chi connectivity index (χ4n) is 2.84. The van der Waals surface area contributed by atoms with Crippen molar-refractivity contribution >= 4 is 35.1 Å². The Morgan fingerprint density at radius 3 is 2.41 bits per heavy atom. The van der Waals surface area contributed by atoms with Gasteiger partial charge in [0.2, 0.25) is 0 Å². The molecule has 0 saturated heterocycles. The molecule has 0 aliphatic heterocycles. The van der Waals surface area contributed by atoms with Gasteiger partial charge in [0, 0.05) is 22.5 Å². The Morgan fingerprint density at radius 2 is 1.69 bits per heavy atom. The summed E-state index contributed by atoms with van der Waals surface area (Å²) in [5.41, 5.74) is 3.13. The normalized spacial score (nSPS) is 10.7. The fourth-order valence-corrected chi connectivity index (χ4v) is 4.47. The first-order chi connectivity index (χ1) is 15.6. The smallest absolute Gasteiger partial charge is 0.275 e. The van der Waals surface area contributed by atoms with E-state index >= 15 is 0 Å². The number of para-hydroxylation sites is 1. The second-order valence-corrected chi connectivity index (χ2v) is 9.07. The lowest BCUT2D eigenvalue weighted by atomic mass is 10.2. The second kappa shape index (κ2) is 10.4. The molecule has 1 aromatic heterocycles. The van der Waals surface area contributed by atoms with Crippen molar-refractivity contribution in [3.63, 3.8) is 0 Å². The molecule has 160 valence electrons. The molecular formula is C25H20FN3OS2. The van der Waals surface area contributed by atoms with E-state index in [4.69, 9.17) is 0 Å². The van der Waals surface area contributed by atoms with Crippen molar-refractivity contribution in [3.05, 3.63) is 108 Å². The Kier molecular flexibility index (Phi) is 7.19. The number of carbonyl (C=O) groups excluding carboxylic acids is 1. The number of halogens is 1. The Morgan fingerprint density at radius 1 is 0.969 bits per heavy atom. The maximum Gasteiger partial charge on any atom is 0.275 e. The molecule has 0 aliphatic carbocycles. The highest BCUT2D eigenvalue weighted by atomic mass is 32.2. The van der Waals surface area contributed by atoms with Gasteiger partial charge in [-0.1, -0.05) is 71.6 Å². The van der Waals surface area contributed by atoms with Gasteiger partial charge in [-0.3, -0.25) is 4.79 Å². The lowest BCUT2D eigenvalue weighted by Gasteiger charge is -2.11. The van der Waals surface area contributed by atoms with E-state index in [2.05, 4.69) is 15.3 Å². The number of carbonyl (C=O) groups is 1. The summed E-state index contributed by atoms with van der Waals surface area (Å²) in [4.78, 5) is 23.8. The predicted octanol–water partition coefficient (Wildman–Crippen LogP) is 6.62. The van der Waals surface area contributed by atoms with E-state index < -0.39 is 0 Å². The first-order valence-electron chi connectivity index (χ1n) is 9.92. The number of benzene rings is 3. The molecule has 4 aromatic rings. The molecule has 0 fully saturated rings. The standard InChI is InChI=1S/C25H20FN3OS2/c1-17-7-13-21(14-8-17)32-22-15-27-25(31-16-18-9-11-19(26)12-10-18)29-23(22)24(30)28-20-5-3-2-4-6-20/h2-15H,16H2,1H3,(H,28,30). The van der Waals surface area contributed by atoms with E-state index in [9.17, 15) is 9.18 Å². The first-order valence-corrected chi connectivity index (χ1v) is 11.7. The molecule has 0 aliphatic rings. The van der Waals surface area contributed by atoms with Crippen molar-refractivity contribution < 1.29 is 9.18 Å². The summed E-state index contributed by atoms with van der Waals surface area (Å²) < 4.78 is 13.1. The molecule has 4 rings (SSSR count). The topological polar surface area (TPSA) is 54.9 Å². The minimum Gasteiger partial charge on any atom is -0.321 e. The third-order valence-corrected chi connectivity index (χ3v) is 6.47. The lowest BCUT2D eigenvalue weighted by molar-refractivity contribution is 0.101. The number of aromatic nitrogens is 2. The third kappa shape index (κ3) is 5.96. The van der Waals surface area contributed by atoms with E-state index in [1.54, 1.807) is 18.3 Å². The van der Waals surface area contributed by atoms with Gasteiger partial charge in [-0.25, -0.2) is 14.4 Å². The molecule has 1 N–H and O–H groups in total. The summed E-state index contributed by atoms with van der Waals surface area (Å²) in [6.07, 6.45) is 1.68. The van der Waals surface area contributed by atoms with E-state index in [1.807, 2.05) is 61.5 Å². The van der Waals surface area contributed by atoms with Crippen LogP contribution in [0.3, 0.4) is 0 Å². The summed E-state index contributed by atoms with van der Waals surface area (Å²) in [6, 6.07) is 23.7. The highest BCUT2D eigenvalue weighted by Gasteiger charge is 2.17. The van der Waals surface area contributed by atoms with Crippen LogP contribution in [-0.4, -0.2) is 15.9 Å². The molecule has 32 heavy (non-hydrogen) atoms. The molecule has 0 spiro atoms. The van der Waals surface area contributed by atoms with Crippen molar-refractivity contribution in [2.24, 2.45) is 0 Å². The van der Waals surface area contributed by atoms with Gasteiger partial charge in [-0.05, 0) is 48.9 Å². The number of rotatable bonds is 7. The number of hydrogen-bond acceptors (Lipinski definition) is 5. The molecule has 0 bridgehead atoms. The predicted molar refractivity (Wildman–Crippen MR) is 128 cm³/mol. The van der Waals surface area contributed by atoms with Gasteiger partial charge in [-0.15, -0.1) is 0 Å². The van der Waals surface area contributed by atoms with Crippen LogP contribution in [0, 0.1) is 12.7 Å². The number of anilines is 1. The minimum absolute atomic E-state index is 0.271. The van der Waals surface area contributed by atoms with Crippen LogP contribution in [0.2, 0.25) is 0 Å². The number of nitrogens with one attached hydrogen (secondary N) is 1. The zero-order valence-corrected chi connectivity index (χ0v) is 18.9. The molecule has 3 aromatic carbocycles. The molecule has 0 atom stereocenters. The van der Waals surface area contributed by atoms with Gasteiger partial charge in [0.15, 0.2) is 5.16 Å². The molecule has 1 amide bonds. The molecule has 7 heteroatoms. The molecule has 1 heterocycles.